The van der Waals surface area contributed by atoms with E-state index >= 15 is 0 Å². The van der Waals surface area contributed by atoms with Crippen LogP contribution in [0.15, 0.2) is 54.1 Å². The average Bonchev–Trinajstić information content (AvgIpc) is 3.08. The molecule has 1 saturated heterocycles. The number of rotatable bonds is 11. The smallest absolute Gasteiger partial charge is 0.295 e. The van der Waals surface area contributed by atoms with Crippen LogP contribution in [-0.2, 0) is 9.59 Å². The van der Waals surface area contributed by atoms with Crippen LogP contribution in [0.1, 0.15) is 43.9 Å². The number of carbonyl (C=O) groups excluding carboxylic acids is 2. The van der Waals surface area contributed by atoms with Crippen molar-refractivity contribution in [3.8, 4) is 11.5 Å². The van der Waals surface area contributed by atoms with E-state index in [1.807, 2.05) is 57.1 Å². The number of nitrogens with zero attached hydrogens (tertiary/aromatic N) is 2. The minimum absolute atomic E-state index is 0.0886. The Morgan fingerprint density at radius 3 is 2.41 bits per heavy atom. The van der Waals surface area contributed by atoms with Gasteiger partial charge in [-0.05, 0) is 82.4 Å². The third-order valence-corrected chi connectivity index (χ3v) is 5.63. The summed E-state index contributed by atoms with van der Waals surface area (Å²) in [7, 11) is 3.93. The van der Waals surface area contributed by atoms with Crippen LogP contribution in [0.3, 0.4) is 0 Å². The highest BCUT2D eigenvalue weighted by molar-refractivity contribution is 6.46. The largest absolute Gasteiger partial charge is 0.507 e. The molecule has 1 unspecified atom stereocenters. The molecule has 1 heterocycles. The van der Waals surface area contributed by atoms with E-state index in [0.717, 1.165) is 18.5 Å². The molecule has 2 aromatic carbocycles. The zero-order chi connectivity index (χ0) is 24.7. The van der Waals surface area contributed by atoms with Crippen LogP contribution in [0.5, 0.6) is 11.5 Å². The van der Waals surface area contributed by atoms with Gasteiger partial charge in [-0.25, -0.2) is 0 Å². The lowest BCUT2D eigenvalue weighted by atomic mass is 9.95. The Morgan fingerprint density at radius 1 is 1.03 bits per heavy atom. The Balaban J connectivity index is 2.04. The summed E-state index contributed by atoms with van der Waals surface area (Å²) in [6.45, 7) is 6.19. The number of likely N-dealkylation sites (tertiary alicyclic amines) is 1. The highest BCUT2D eigenvalue weighted by Crippen LogP contribution is 2.40. The van der Waals surface area contributed by atoms with E-state index in [9.17, 15) is 14.7 Å². The number of amides is 1. The maximum atomic E-state index is 13.2. The molecule has 1 N–H and O–H groups in total. The van der Waals surface area contributed by atoms with E-state index in [-0.39, 0.29) is 11.3 Å². The van der Waals surface area contributed by atoms with Gasteiger partial charge < -0.3 is 24.4 Å². The highest BCUT2D eigenvalue weighted by Gasteiger charge is 2.45. The molecule has 0 radical (unpaired) electrons. The summed E-state index contributed by atoms with van der Waals surface area (Å²) in [4.78, 5) is 29.8. The first-order chi connectivity index (χ1) is 16.4. The second-order valence-electron chi connectivity index (χ2n) is 8.53. The van der Waals surface area contributed by atoms with E-state index in [4.69, 9.17) is 9.47 Å². The molecule has 2 aromatic rings. The summed E-state index contributed by atoms with van der Waals surface area (Å²) in [5.74, 6) is -0.141. The Morgan fingerprint density at radius 2 is 1.76 bits per heavy atom. The fraction of sp³-hybridized carbons (Fsp3) is 0.407. The summed E-state index contributed by atoms with van der Waals surface area (Å²) in [6.07, 6.45) is 1.59. The van der Waals surface area contributed by atoms with Crippen LogP contribution < -0.4 is 9.47 Å². The van der Waals surface area contributed by atoms with Gasteiger partial charge in [0.2, 0.25) is 0 Å². The molecule has 0 aromatic heterocycles. The number of ether oxygens (including phenoxy) is 2. The predicted octanol–water partition coefficient (Wildman–Crippen LogP) is 4.25. The molecule has 7 nitrogen and oxygen atoms in total. The number of carbonyl (C=O) groups is 2. The standard InChI is InChI=1S/C27H34N2O5/c1-5-17-34-21-13-11-19(12-14-21)25(30)23-24(20-9-7-10-22(18-20)33-6-2)29(27(32)26(23)31)16-8-15-28(3)4/h7,9-14,18,24,30H,5-6,8,15-17H2,1-4H3/b25-23+. The highest BCUT2D eigenvalue weighted by atomic mass is 16.5. The molecule has 34 heavy (non-hydrogen) atoms. The first kappa shape index (κ1) is 25.3. The van der Waals surface area contributed by atoms with Gasteiger partial charge in [-0.1, -0.05) is 19.1 Å². The number of hydrogen-bond donors (Lipinski definition) is 1. The number of aliphatic hydroxyl groups excluding tert-OH is 1. The van der Waals surface area contributed by atoms with Crippen molar-refractivity contribution >= 4 is 17.4 Å². The number of hydrogen-bond acceptors (Lipinski definition) is 6. The lowest BCUT2D eigenvalue weighted by molar-refractivity contribution is -0.139. The molecule has 1 fully saturated rings. The van der Waals surface area contributed by atoms with E-state index in [1.165, 1.54) is 0 Å². The van der Waals surface area contributed by atoms with Crippen molar-refractivity contribution in [2.45, 2.75) is 32.7 Å². The molecule has 0 spiro atoms. The van der Waals surface area contributed by atoms with Gasteiger partial charge in [-0.2, -0.15) is 0 Å². The molecule has 0 saturated carbocycles. The summed E-state index contributed by atoms with van der Waals surface area (Å²) in [6, 6.07) is 13.6. The average molecular weight is 467 g/mol. The Kier molecular flexibility index (Phi) is 8.71. The van der Waals surface area contributed by atoms with Gasteiger partial charge in [-0.15, -0.1) is 0 Å². The molecule has 3 rings (SSSR count). The topological polar surface area (TPSA) is 79.3 Å². The van der Waals surface area contributed by atoms with Crippen LogP contribution >= 0.6 is 0 Å². The van der Waals surface area contributed by atoms with Crippen molar-refractivity contribution in [1.29, 1.82) is 0 Å². The monoisotopic (exact) mass is 466 g/mol. The van der Waals surface area contributed by atoms with Crippen molar-refractivity contribution in [1.82, 2.24) is 9.80 Å². The predicted molar refractivity (Wildman–Crippen MR) is 132 cm³/mol. The van der Waals surface area contributed by atoms with Crippen LogP contribution in [0.2, 0.25) is 0 Å². The molecular weight excluding hydrogens is 432 g/mol. The molecule has 1 aliphatic heterocycles. The maximum absolute atomic E-state index is 13.2. The second-order valence-corrected chi connectivity index (χ2v) is 8.53. The first-order valence-electron chi connectivity index (χ1n) is 11.8. The van der Waals surface area contributed by atoms with Gasteiger partial charge in [0.1, 0.15) is 17.3 Å². The molecular formula is C27H34N2O5. The van der Waals surface area contributed by atoms with Crippen molar-refractivity contribution < 1.29 is 24.2 Å². The lowest BCUT2D eigenvalue weighted by Gasteiger charge is -2.26. The van der Waals surface area contributed by atoms with Crippen LogP contribution in [0.4, 0.5) is 0 Å². The minimum Gasteiger partial charge on any atom is -0.507 e. The lowest BCUT2D eigenvalue weighted by Crippen LogP contribution is -2.32. The number of ketones is 1. The maximum Gasteiger partial charge on any atom is 0.295 e. The SMILES string of the molecule is CCCOc1ccc(/C(O)=C2\C(=O)C(=O)N(CCCN(C)C)C2c2cccc(OCC)c2)cc1. The Labute approximate surface area is 201 Å². The number of benzene rings is 2. The molecule has 7 heteroatoms. The van der Waals surface area contributed by atoms with E-state index in [0.29, 0.717) is 43.2 Å². The van der Waals surface area contributed by atoms with Crippen molar-refractivity contribution in [3.05, 3.63) is 65.2 Å². The van der Waals surface area contributed by atoms with Crippen LogP contribution in [-0.4, -0.2) is 67.0 Å². The third kappa shape index (κ3) is 5.78. The van der Waals surface area contributed by atoms with E-state index in [1.54, 1.807) is 29.2 Å². The first-order valence-corrected chi connectivity index (χ1v) is 11.8. The fourth-order valence-electron chi connectivity index (χ4n) is 4.04. The van der Waals surface area contributed by atoms with Crippen molar-refractivity contribution in [3.63, 3.8) is 0 Å². The van der Waals surface area contributed by atoms with E-state index in [2.05, 4.69) is 0 Å². The number of Topliss-reactive ketones (excluding diaryl/α,β-unsaturated/α-hetero) is 1. The van der Waals surface area contributed by atoms with Gasteiger partial charge in [0, 0.05) is 12.1 Å². The van der Waals surface area contributed by atoms with Gasteiger partial charge in [0.25, 0.3) is 11.7 Å². The number of aliphatic hydroxyl groups is 1. The summed E-state index contributed by atoms with van der Waals surface area (Å²) >= 11 is 0. The molecule has 1 aliphatic rings. The molecule has 0 bridgehead atoms. The Hall–Kier alpha value is -3.32. The molecule has 182 valence electrons. The minimum atomic E-state index is -0.696. The zero-order valence-electron chi connectivity index (χ0n) is 20.4. The zero-order valence-corrected chi connectivity index (χ0v) is 20.4. The van der Waals surface area contributed by atoms with Gasteiger partial charge >= 0.3 is 0 Å². The van der Waals surface area contributed by atoms with E-state index < -0.39 is 17.7 Å². The summed E-state index contributed by atoms with van der Waals surface area (Å²) in [5.41, 5.74) is 1.27. The van der Waals surface area contributed by atoms with Gasteiger partial charge in [0.15, 0.2) is 0 Å². The van der Waals surface area contributed by atoms with Crippen molar-refractivity contribution in [2.24, 2.45) is 0 Å². The third-order valence-electron chi connectivity index (χ3n) is 5.63. The molecule has 1 amide bonds. The summed E-state index contributed by atoms with van der Waals surface area (Å²) in [5, 5.41) is 11.2. The van der Waals surface area contributed by atoms with Gasteiger partial charge in [0.05, 0.1) is 24.8 Å². The fourth-order valence-corrected chi connectivity index (χ4v) is 4.04. The normalized spacial score (nSPS) is 17.4. The second kappa shape index (κ2) is 11.7. The Bertz CT molecular complexity index is 1030. The van der Waals surface area contributed by atoms with Gasteiger partial charge in [-0.3, -0.25) is 9.59 Å². The van der Waals surface area contributed by atoms with Crippen LogP contribution in [0, 0.1) is 0 Å². The molecule has 0 aliphatic carbocycles. The van der Waals surface area contributed by atoms with Crippen LogP contribution in [0.25, 0.3) is 5.76 Å². The van der Waals surface area contributed by atoms with Crippen molar-refractivity contribution in [2.75, 3.05) is 40.4 Å². The summed E-state index contributed by atoms with van der Waals surface area (Å²) < 4.78 is 11.3. The quantitative estimate of drug-likeness (QED) is 0.303. The molecule has 1 atom stereocenters.